The van der Waals surface area contributed by atoms with Crippen LogP contribution in [0.25, 0.3) is 0 Å². The standard InChI is InChI=1S/C18H27NO2S/c1-4-5-6-7-14-9-16(21)18-15(19-11-12(2)20)8-13(3)22-17(18)10-14/h9-10,12-13,20-21H,4-8,11H2,1-3H3. The van der Waals surface area contributed by atoms with Crippen LogP contribution >= 0.6 is 11.8 Å². The molecule has 2 rings (SSSR count). The molecule has 22 heavy (non-hydrogen) atoms. The minimum absolute atomic E-state index is 0.341. The van der Waals surface area contributed by atoms with Crippen LogP contribution in [0, 0.1) is 0 Å². The Morgan fingerprint density at radius 1 is 1.36 bits per heavy atom. The molecule has 2 unspecified atom stereocenters. The third-order valence-corrected chi connectivity index (χ3v) is 5.00. The Kier molecular flexibility index (Phi) is 6.33. The Labute approximate surface area is 137 Å². The van der Waals surface area contributed by atoms with Gasteiger partial charge < -0.3 is 10.2 Å². The number of aliphatic imine (C=N–C) groups is 1. The maximum absolute atomic E-state index is 10.5. The highest BCUT2D eigenvalue weighted by Crippen LogP contribution is 2.40. The smallest absolute Gasteiger partial charge is 0.126 e. The number of thioether (sulfide) groups is 1. The normalized spacial score (nSPS) is 20.9. The fourth-order valence-corrected chi connectivity index (χ4v) is 4.02. The fourth-order valence-electron chi connectivity index (χ4n) is 2.78. The van der Waals surface area contributed by atoms with E-state index in [1.165, 1.54) is 18.4 Å². The summed E-state index contributed by atoms with van der Waals surface area (Å²) in [5, 5.41) is 20.4. The number of aryl methyl sites for hydroxylation is 1. The number of unbranched alkanes of at least 4 members (excludes halogenated alkanes) is 2. The summed E-state index contributed by atoms with van der Waals surface area (Å²) in [6, 6.07) is 4.10. The quantitative estimate of drug-likeness (QED) is 0.773. The largest absolute Gasteiger partial charge is 0.507 e. The lowest BCUT2D eigenvalue weighted by Gasteiger charge is -2.24. The van der Waals surface area contributed by atoms with Crippen LogP contribution in [0.15, 0.2) is 22.0 Å². The van der Waals surface area contributed by atoms with Gasteiger partial charge in [0.15, 0.2) is 0 Å². The Morgan fingerprint density at radius 2 is 2.14 bits per heavy atom. The van der Waals surface area contributed by atoms with Crippen molar-refractivity contribution in [3.63, 3.8) is 0 Å². The van der Waals surface area contributed by atoms with E-state index in [9.17, 15) is 10.2 Å². The van der Waals surface area contributed by atoms with Gasteiger partial charge in [0, 0.05) is 22.3 Å². The van der Waals surface area contributed by atoms with Gasteiger partial charge in [0.2, 0.25) is 0 Å². The highest BCUT2D eigenvalue weighted by molar-refractivity contribution is 8.00. The van der Waals surface area contributed by atoms with Crippen LogP contribution in [0.5, 0.6) is 5.75 Å². The summed E-state index contributed by atoms with van der Waals surface area (Å²) in [5.74, 6) is 0.341. The van der Waals surface area contributed by atoms with Gasteiger partial charge in [0.25, 0.3) is 0 Å². The number of aliphatic hydroxyl groups is 1. The lowest BCUT2D eigenvalue weighted by atomic mass is 9.99. The van der Waals surface area contributed by atoms with E-state index in [-0.39, 0.29) is 0 Å². The highest BCUT2D eigenvalue weighted by atomic mass is 32.2. The molecule has 0 saturated carbocycles. The van der Waals surface area contributed by atoms with Gasteiger partial charge in [-0.3, -0.25) is 4.99 Å². The zero-order valence-electron chi connectivity index (χ0n) is 13.8. The highest BCUT2D eigenvalue weighted by Gasteiger charge is 2.25. The van der Waals surface area contributed by atoms with Crippen LogP contribution < -0.4 is 0 Å². The molecule has 2 atom stereocenters. The van der Waals surface area contributed by atoms with Crippen molar-refractivity contribution in [3.8, 4) is 5.75 Å². The molecule has 0 aromatic heterocycles. The SMILES string of the molecule is CCCCCc1cc(O)c2c(c1)SC(C)CC2=NCC(C)O. The summed E-state index contributed by atoms with van der Waals surface area (Å²) in [4.78, 5) is 5.67. The lowest BCUT2D eigenvalue weighted by Crippen LogP contribution is -2.18. The van der Waals surface area contributed by atoms with E-state index in [1.807, 2.05) is 17.8 Å². The van der Waals surface area contributed by atoms with E-state index in [0.29, 0.717) is 17.5 Å². The van der Waals surface area contributed by atoms with Crippen molar-refractivity contribution in [1.29, 1.82) is 0 Å². The van der Waals surface area contributed by atoms with Crippen LogP contribution in [0.1, 0.15) is 57.6 Å². The number of hydrogen-bond donors (Lipinski definition) is 2. The Hall–Kier alpha value is -1.00. The van der Waals surface area contributed by atoms with Gasteiger partial charge in [-0.25, -0.2) is 0 Å². The average molecular weight is 321 g/mol. The maximum atomic E-state index is 10.5. The molecule has 2 N–H and O–H groups in total. The molecule has 3 nitrogen and oxygen atoms in total. The summed E-state index contributed by atoms with van der Waals surface area (Å²) >= 11 is 1.81. The van der Waals surface area contributed by atoms with E-state index in [0.717, 1.165) is 35.4 Å². The second kappa shape index (κ2) is 8.02. The summed E-state index contributed by atoms with van der Waals surface area (Å²) in [7, 11) is 0. The molecule has 1 aliphatic rings. The predicted octanol–water partition coefficient (Wildman–Crippen LogP) is 4.18. The van der Waals surface area contributed by atoms with Crippen LogP contribution in [0.3, 0.4) is 0 Å². The van der Waals surface area contributed by atoms with Crippen LogP contribution in [-0.4, -0.2) is 33.8 Å². The number of fused-ring (bicyclic) bond motifs is 1. The van der Waals surface area contributed by atoms with Crippen LogP contribution in [-0.2, 0) is 6.42 Å². The van der Waals surface area contributed by atoms with Crippen LogP contribution in [0.2, 0.25) is 0 Å². The number of rotatable bonds is 6. The summed E-state index contributed by atoms with van der Waals surface area (Å²) in [5.41, 5.74) is 3.02. The number of aromatic hydroxyl groups is 1. The summed E-state index contributed by atoms with van der Waals surface area (Å²) in [6.07, 6.45) is 5.01. The monoisotopic (exact) mass is 321 g/mol. The van der Waals surface area contributed by atoms with Gasteiger partial charge in [0.05, 0.1) is 18.2 Å². The number of aliphatic hydroxyl groups excluding tert-OH is 1. The zero-order chi connectivity index (χ0) is 16.1. The molecule has 0 spiro atoms. The van der Waals surface area contributed by atoms with E-state index < -0.39 is 6.10 Å². The van der Waals surface area contributed by atoms with Gasteiger partial charge in [0.1, 0.15) is 5.75 Å². The molecule has 0 fully saturated rings. The minimum Gasteiger partial charge on any atom is -0.507 e. The van der Waals surface area contributed by atoms with E-state index in [1.54, 1.807) is 6.92 Å². The molecular formula is C18H27NO2S. The summed E-state index contributed by atoms with van der Waals surface area (Å²) in [6.45, 7) is 6.52. The number of benzene rings is 1. The number of hydrogen-bond acceptors (Lipinski definition) is 4. The molecule has 1 aromatic rings. The minimum atomic E-state index is -0.448. The van der Waals surface area contributed by atoms with E-state index >= 15 is 0 Å². The second-order valence-corrected chi connectivity index (χ2v) is 7.69. The van der Waals surface area contributed by atoms with Crippen molar-refractivity contribution in [2.24, 2.45) is 4.99 Å². The third-order valence-electron chi connectivity index (χ3n) is 3.85. The summed E-state index contributed by atoms with van der Waals surface area (Å²) < 4.78 is 0. The predicted molar refractivity (Wildman–Crippen MR) is 94.4 cm³/mol. The first-order valence-corrected chi connectivity index (χ1v) is 9.13. The number of phenolic OH excluding ortho intramolecular Hbond substituents is 1. The molecule has 0 aliphatic carbocycles. The van der Waals surface area contributed by atoms with Crippen molar-refractivity contribution in [3.05, 3.63) is 23.3 Å². The van der Waals surface area contributed by atoms with Crippen molar-refractivity contribution >= 4 is 17.5 Å². The van der Waals surface area contributed by atoms with E-state index in [4.69, 9.17) is 0 Å². The molecular weight excluding hydrogens is 294 g/mol. The number of phenols is 1. The molecule has 0 radical (unpaired) electrons. The van der Waals surface area contributed by atoms with Gasteiger partial charge in [-0.1, -0.05) is 26.7 Å². The molecule has 1 heterocycles. The van der Waals surface area contributed by atoms with Crippen molar-refractivity contribution in [1.82, 2.24) is 0 Å². The van der Waals surface area contributed by atoms with Crippen LogP contribution in [0.4, 0.5) is 0 Å². The zero-order valence-corrected chi connectivity index (χ0v) is 14.6. The molecule has 4 heteroatoms. The Bertz CT molecular complexity index is 540. The average Bonchev–Trinajstić information content (AvgIpc) is 2.44. The molecule has 1 aromatic carbocycles. The van der Waals surface area contributed by atoms with Crippen molar-refractivity contribution in [2.75, 3.05) is 6.54 Å². The Morgan fingerprint density at radius 3 is 2.82 bits per heavy atom. The van der Waals surface area contributed by atoms with Gasteiger partial charge >= 0.3 is 0 Å². The molecule has 0 saturated heterocycles. The van der Waals surface area contributed by atoms with Gasteiger partial charge in [-0.05, 0) is 37.5 Å². The van der Waals surface area contributed by atoms with Crippen molar-refractivity contribution < 1.29 is 10.2 Å². The number of nitrogens with zero attached hydrogens (tertiary/aromatic N) is 1. The molecule has 0 amide bonds. The topological polar surface area (TPSA) is 52.8 Å². The maximum Gasteiger partial charge on any atom is 0.126 e. The first-order valence-electron chi connectivity index (χ1n) is 8.25. The molecule has 1 aliphatic heterocycles. The first-order chi connectivity index (χ1) is 10.5. The van der Waals surface area contributed by atoms with Crippen molar-refractivity contribution in [2.45, 2.75) is 69.1 Å². The lowest BCUT2D eigenvalue weighted by molar-refractivity contribution is 0.204. The van der Waals surface area contributed by atoms with E-state index in [2.05, 4.69) is 24.9 Å². The first kappa shape index (κ1) is 17.4. The fraction of sp³-hybridized carbons (Fsp3) is 0.611. The van der Waals surface area contributed by atoms with Gasteiger partial charge in [-0.2, -0.15) is 0 Å². The third kappa shape index (κ3) is 4.50. The second-order valence-electron chi connectivity index (χ2n) is 6.21. The van der Waals surface area contributed by atoms with Gasteiger partial charge in [-0.15, -0.1) is 11.8 Å². The Balaban J connectivity index is 2.28. The molecule has 0 bridgehead atoms. The molecule has 122 valence electrons.